The number of alkyl carbamates (subject to hydrolysis) is 1. The minimum absolute atomic E-state index is 0.0112. The quantitative estimate of drug-likeness (QED) is 0.0852. The molecule has 0 bridgehead atoms. The van der Waals surface area contributed by atoms with Crippen molar-refractivity contribution in [2.45, 2.75) is 136 Å². The summed E-state index contributed by atoms with van der Waals surface area (Å²) in [4.78, 5) is 56.8. The number of nitrogens with zero attached hydrogens (tertiary/aromatic N) is 1. The third-order valence-electron chi connectivity index (χ3n) is 7.76. The molecule has 0 saturated heterocycles. The van der Waals surface area contributed by atoms with E-state index >= 15 is 0 Å². The van der Waals surface area contributed by atoms with Crippen molar-refractivity contribution in [3.05, 3.63) is 71.3 Å². The topological polar surface area (TPSA) is 114 Å². The highest BCUT2D eigenvalue weighted by Gasteiger charge is 2.38. The fourth-order valence-electron chi connectivity index (χ4n) is 5.34. The number of esters is 1. The van der Waals surface area contributed by atoms with Gasteiger partial charge in [-0.2, -0.15) is 12.6 Å². The van der Waals surface area contributed by atoms with Crippen molar-refractivity contribution >= 4 is 36.5 Å². The van der Waals surface area contributed by atoms with Crippen molar-refractivity contribution in [1.82, 2.24) is 15.5 Å². The van der Waals surface area contributed by atoms with Crippen molar-refractivity contribution in [2.75, 3.05) is 12.3 Å². The molecule has 0 aromatic heterocycles. The maximum absolute atomic E-state index is 14.6. The molecule has 3 unspecified atom stereocenters. The van der Waals surface area contributed by atoms with Crippen LogP contribution in [0.3, 0.4) is 0 Å². The summed E-state index contributed by atoms with van der Waals surface area (Å²) in [6.07, 6.45) is 6.11. The maximum atomic E-state index is 14.6. The van der Waals surface area contributed by atoms with Gasteiger partial charge in [0, 0.05) is 18.7 Å². The number of ether oxygens (including phenoxy) is 2. The largest absolute Gasteiger partial charge is 0.458 e. The molecule has 49 heavy (non-hydrogen) atoms. The van der Waals surface area contributed by atoms with Gasteiger partial charge in [-0.15, -0.1) is 0 Å². The fourth-order valence-corrected chi connectivity index (χ4v) is 5.59. The molecule has 272 valence electrons. The van der Waals surface area contributed by atoms with Crippen molar-refractivity contribution < 1.29 is 28.7 Å². The molecule has 3 amide bonds. The van der Waals surface area contributed by atoms with E-state index in [4.69, 9.17) is 9.47 Å². The number of aryl methyl sites for hydroxylation is 1. The zero-order chi connectivity index (χ0) is 36.6. The predicted octanol–water partition coefficient (Wildman–Crippen LogP) is 7.37. The van der Waals surface area contributed by atoms with E-state index in [9.17, 15) is 19.2 Å². The molecule has 2 aromatic carbocycles. The first kappa shape index (κ1) is 41.6. The van der Waals surface area contributed by atoms with E-state index in [2.05, 4.69) is 30.2 Å². The second-order valence-corrected chi connectivity index (χ2v) is 14.8. The number of amides is 3. The minimum atomic E-state index is -1.10. The zero-order valence-electron chi connectivity index (χ0n) is 30.8. The Bertz CT molecular complexity index is 1320. The normalized spacial score (nSPS) is 13.5. The minimum Gasteiger partial charge on any atom is -0.458 e. The molecular weight excluding hydrogens is 639 g/mol. The monoisotopic (exact) mass is 697 g/mol. The van der Waals surface area contributed by atoms with Crippen LogP contribution >= 0.6 is 12.6 Å². The Morgan fingerprint density at radius 1 is 0.735 bits per heavy atom. The first-order valence-electron chi connectivity index (χ1n) is 17.6. The Kier molecular flexibility index (Phi) is 17.2. The first-order valence-corrected chi connectivity index (χ1v) is 18.3. The van der Waals surface area contributed by atoms with E-state index in [1.807, 2.05) is 61.5 Å². The van der Waals surface area contributed by atoms with Crippen LogP contribution in [-0.2, 0) is 36.7 Å². The standard InChI is InChI=1S/C39H59N3O6S/c1-9-11-12-13-14-18-25-42(35(44)32(27-49)41-37(46)48-39(6,7)8)33(30-23-21-28(10-2)22-24-30)34(43)40-31(36(45)47-38(3,4)5)26-29-19-16-15-17-20-29/h15-17,19-24,31-33,49H,9-14,18,25-27H2,1-8H3,(H,40,43)(H,41,46). The Hall–Kier alpha value is -3.53. The first-order chi connectivity index (χ1) is 23.1. The van der Waals surface area contributed by atoms with Gasteiger partial charge in [-0.1, -0.05) is 101 Å². The molecular formula is C39H59N3O6S. The van der Waals surface area contributed by atoms with Gasteiger partial charge < -0.3 is 25.0 Å². The molecule has 9 nitrogen and oxygen atoms in total. The summed E-state index contributed by atoms with van der Waals surface area (Å²) in [6, 6.07) is 13.8. The molecule has 0 aliphatic heterocycles. The van der Waals surface area contributed by atoms with E-state index in [1.165, 1.54) is 4.90 Å². The predicted molar refractivity (Wildman–Crippen MR) is 199 cm³/mol. The molecule has 10 heteroatoms. The van der Waals surface area contributed by atoms with Crippen LogP contribution in [0.1, 0.15) is 117 Å². The lowest BCUT2D eigenvalue weighted by Gasteiger charge is -2.35. The van der Waals surface area contributed by atoms with E-state index in [-0.39, 0.29) is 18.7 Å². The van der Waals surface area contributed by atoms with E-state index in [0.29, 0.717) is 12.0 Å². The SMILES string of the molecule is CCCCCCCCN(C(=O)C(CS)NC(=O)OC(C)(C)C)C(C(=O)NC(Cc1ccccc1)C(=O)OC(C)(C)C)c1ccc(CC)cc1. The average molecular weight is 698 g/mol. The van der Waals surface area contributed by atoms with Crippen LogP contribution in [0.5, 0.6) is 0 Å². The maximum Gasteiger partial charge on any atom is 0.408 e. The Balaban J connectivity index is 2.58. The molecule has 3 atom stereocenters. The summed E-state index contributed by atoms with van der Waals surface area (Å²) in [6.45, 7) is 15.0. The highest BCUT2D eigenvalue weighted by atomic mass is 32.1. The van der Waals surface area contributed by atoms with Crippen molar-refractivity contribution in [3.63, 3.8) is 0 Å². The zero-order valence-corrected chi connectivity index (χ0v) is 31.7. The lowest BCUT2D eigenvalue weighted by Crippen LogP contribution is -2.55. The summed E-state index contributed by atoms with van der Waals surface area (Å²) >= 11 is 4.42. The highest BCUT2D eigenvalue weighted by Crippen LogP contribution is 2.26. The highest BCUT2D eigenvalue weighted by molar-refractivity contribution is 7.80. The third-order valence-corrected chi connectivity index (χ3v) is 8.13. The van der Waals surface area contributed by atoms with Crippen LogP contribution < -0.4 is 10.6 Å². The number of thiol groups is 1. The number of carbonyl (C=O) groups is 4. The van der Waals surface area contributed by atoms with Crippen LogP contribution in [0, 0.1) is 0 Å². The number of nitrogens with one attached hydrogen (secondary N) is 2. The molecule has 0 aliphatic carbocycles. The van der Waals surface area contributed by atoms with E-state index < -0.39 is 53.2 Å². The van der Waals surface area contributed by atoms with Gasteiger partial charge in [-0.25, -0.2) is 9.59 Å². The van der Waals surface area contributed by atoms with Gasteiger partial charge in [0.2, 0.25) is 11.8 Å². The van der Waals surface area contributed by atoms with Crippen molar-refractivity contribution in [1.29, 1.82) is 0 Å². The number of carbonyl (C=O) groups excluding carboxylic acids is 4. The van der Waals surface area contributed by atoms with Crippen LogP contribution in [0.4, 0.5) is 4.79 Å². The second-order valence-electron chi connectivity index (χ2n) is 14.5. The van der Waals surface area contributed by atoms with Crippen LogP contribution in [0.15, 0.2) is 54.6 Å². The van der Waals surface area contributed by atoms with Gasteiger partial charge in [0.05, 0.1) is 0 Å². The Morgan fingerprint density at radius 3 is 1.88 bits per heavy atom. The molecule has 0 spiro atoms. The summed E-state index contributed by atoms with van der Waals surface area (Å²) < 4.78 is 11.2. The molecule has 0 saturated carbocycles. The van der Waals surface area contributed by atoms with Gasteiger partial charge >= 0.3 is 12.1 Å². The van der Waals surface area contributed by atoms with E-state index in [1.54, 1.807) is 41.5 Å². The van der Waals surface area contributed by atoms with Crippen LogP contribution in [0.25, 0.3) is 0 Å². The molecule has 0 aliphatic rings. The number of unbranched alkanes of at least 4 members (excludes halogenated alkanes) is 5. The smallest absolute Gasteiger partial charge is 0.408 e. The summed E-state index contributed by atoms with van der Waals surface area (Å²) in [5, 5.41) is 5.63. The lowest BCUT2D eigenvalue weighted by atomic mass is 9.99. The summed E-state index contributed by atoms with van der Waals surface area (Å²) in [7, 11) is 0. The third kappa shape index (κ3) is 15.3. The molecule has 0 fully saturated rings. The number of rotatable bonds is 18. The van der Waals surface area contributed by atoms with Crippen LogP contribution in [-0.4, -0.2) is 64.4 Å². The van der Waals surface area contributed by atoms with Crippen LogP contribution in [0.2, 0.25) is 0 Å². The molecule has 2 rings (SSSR count). The van der Waals surface area contributed by atoms with E-state index in [0.717, 1.165) is 49.7 Å². The lowest BCUT2D eigenvalue weighted by molar-refractivity contribution is -0.159. The molecule has 2 aromatic rings. The second kappa shape index (κ2) is 20.2. The number of hydrogen-bond acceptors (Lipinski definition) is 7. The Labute approximate surface area is 299 Å². The number of hydrogen-bond donors (Lipinski definition) is 3. The van der Waals surface area contributed by atoms with Gasteiger partial charge in [-0.3, -0.25) is 9.59 Å². The van der Waals surface area contributed by atoms with Gasteiger partial charge in [0.25, 0.3) is 0 Å². The average Bonchev–Trinajstić information content (AvgIpc) is 3.03. The van der Waals surface area contributed by atoms with Gasteiger partial charge in [-0.05, 0) is 71.1 Å². The molecule has 2 N–H and O–H groups in total. The van der Waals surface area contributed by atoms with Crippen molar-refractivity contribution in [2.24, 2.45) is 0 Å². The molecule has 0 radical (unpaired) electrons. The fraction of sp³-hybridized carbons (Fsp3) is 0.590. The number of benzene rings is 2. The van der Waals surface area contributed by atoms with Gasteiger partial charge in [0.1, 0.15) is 29.3 Å². The van der Waals surface area contributed by atoms with Gasteiger partial charge in [0.15, 0.2) is 0 Å². The summed E-state index contributed by atoms with van der Waals surface area (Å²) in [5.74, 6) is -1.57. The van der Waals surface area contributed by atoms with Crippen molar-refractivity contribution in [3.8, 4) is 0 Å². The summed E-state index contributed by atoms with van der Waals surface area (Å²) in [5.41, 5.74) is 0.961. The molecule has 0 heterocycles. The Morgan fingerprint density at radius 2 is 1.33 bits per heavy atom.